The number of H-pyrrole nitrogens is 1. The van der Waals surface area contributed by atoms with Crippen LogP contribution in [0, 0.1) is 5.92 Å². The minimum atomic E-state index is -0.512. The molecule has 1 aliphatic rings. The van der Waals surface area contributed by atoms with E-state index in [0.29, 0.717) is 17.5 Å². The van der Waals surface area contributed by atoms with Crippen LogP contribution in [0.3, 0.4) is 0 Å². The summed E-state index contributed by atoms with van der Waals surface area (Å²) in [5.74, 6) is 1.34. The fraction of sp³-hybridized carbons (Fsp3) is 0.316. The topological polar surface area (TPSA) is 98.8 Å². The number of carbonyl (C=O) groups excluding carboxylic acids is 1. The first-order valence-electron chi connectivity index (χ1n) is 8.77. The van der Waals surface area contributed by atoms with Crippen molar-refractivity contribution in [3.63, 3.8) is 0 Å². The Morgan fingerprint density at radius 1 is 1.35 bits per heavy atom. The quantitative estimate of drug-likeness (QED) is 0.667. The van der Waals surface area contributed by atoms with Crippen LogP contribution < -0.4 is 10.5 Å². The molecule has 4 rings (SSSR count). The van der Waals surface area contributed by atoms with Gasteiger partial charge >= 0.3 is 0 Å². The molecule has 2 heterocycles. The molecular formula is C19H21N5O2. The fourth-order valence-corrected chi connectivity index (χ4v) is 3.31. The van der Waals surface area contributed by atoms with E-state index in [9.17, 15) is 4.79 Å². The molecule has 2 aromatic heterocycles. The number of fused-ring (bicyclic) bond motifs is 1. The number of amides is 1. The number of nitrogens with two attached hydrogens (primary N) is 1. The number of imidazole rings is 1. The van der Waals surface area contributed by atoms with E-state index in [2.05, 4.69) is 22.2 Å². The van der Waals surface area contributed by atoms with Gasteiger partial charge in [0, 0.05) is 6.54 Å². The summed E-state index contributed by atoms with van der Waals surface area (Å²) in [6.45, 7) is 0.693. The monoisotopic (exact) mass is 351 g/mol. The number of rotatable bonds is 6. The van der Waals surface area contributed by atoms with Crippen molar-refractivity contribution in [2.75, 3.05) is 6.61 Å². The van der Waals surface area contributed by atoms with E-state index < -0.39 is 5.91 Å². The lowest BCUT2D eigenvalue weighted by Gasteiger charge is -2.17. The zero-order chi connectivity index (χ0) is 17.9. The number of benzene rings is 1. The average molecular weight is 351 g/mol. The first kappa shape index (κ1) is 16.4. The van der Waals surface area contributed by atoms with Crippen molar-refractivity contribution >= 4 is 17.1 Å². The van der Waals surface area contributed by atoms with Crippen molar-refractivity contribution in [2.24, 2.45) is 11.7 Å². The molecule has 134 valence electrons. The Labute approximate surface area is 150 Å². The highest BCUT2D eigenvalue weighted by molar-refractivity contribution is 5.78. The largest absolute Gasteiger partial charge is 0.483 e. The van der Waals surface area contributed by atoms with Gasteiger partial charge in [-0.05, 0) is 37.3 Å². The Morgan fingerprint density at radius 2 is 2.23 bits per heavy atom. The minimum absolute atomic E-state index is 0.166. The summed E-state index contributed by atoms with van der Waals surface area (Å²) in [5, 5.41) is 4.47. The van der Waals surface area contributed by atoms with E-state index in [-0.39, 0.29) is 6.61 Å². The summed E-state index contributed by atoms with van der Waals surface area (Å²) in [7, 11) is 0. The lowest BCUT2D eigenvalue weighted by molar-refractivity contribution is -0.119. The van der Waals surface area contributed by atoms with Crippen LogP contribution in [0.2, 0.25) is 0 Å². The van der Waals surface area contributed by atoms with Crippen LogP contribution in [0.1, 0.15) is 19.3 Å². The second-order valence-corrected chi connectivity index (χ2v) is 6.55. The molecule has 0 fully saturated rings. The van der Waals surface area contributed by atoms with Crippen molar-refractivity contribution in [1.29, 1.82) is 0 Å². The number of aromatic nitrogens is 4. The van der Waals surface area contributed by atoms with Crippen molar-refractivity contribution in [1.82, 2.24) is 19.7 Å². The molecule has 0 saturated carbocycles. The third kappa shape index (κ3) is 3.33. The molecule has 7 nitrogen and oxygen atoms in total. The van der Waals surface area contributed by atoms with Gasteiger partial charge in [-0.1, -0.05) is 24.3 Å². The molecule has 1 aromatic carbocycles. The van der Waals surface area contributed by atoms with Gasteiger partial charge in [-0.25, -0.2) is 9.67 Å². The number of primary amides is 1. The van der Waals surface area contributed by atoms with Crippen LogP contribution in [-0.4, -0.2) is 32.3 Å². The summed E-state index contributed by atoms with van der Waals surface area (Å²) < 4.78 is 7.48. The maximum absolute atomic E-state index is 11.0. The molecule has 1 aliphatic carbocycles. The normalized spacial score (nSPS) is 16.8. The van der Waals surface area contributed by atoms with Crippen LogP contribution in [0.15, 0.2) is 42.6 Å². The van der Waals surface area contributed by atoms with E-state index in [1.807, 2.05) is 22.9 Å². The highest BCUT2D eigenvalue weighted by Gasteiger charge is 2.17. The van der Waals surface area contributed by atoms with Gasteiger partial charge in [0.1, 0.15) is 17.1 Å². The summed E-state index contributed by atoms with van der Waals surface area (Å²) in [6, 6.07) is 7.45. The maximum Gasteiger partial charge on any atom is 0.255 e. The van der Waals surface area contributed by atoms with E-state index in [4.69, 9.17) is 15.5 Å². The third-order valence-corrected chi connectivity index (χ3v) is 4.60. The molecule has 0 spiro atoms. The molecule has 0 saturated heterocycles. The van der Waals surface area contributed by atoms with Gasteiger partial charge in [-0.3, -0.25) is 4.79 Å². The molecule has 7 heteroatoms. The molecule has 26 heavy (non-hydrogen) atoms. The van der Waals surface area contributed by atoms with Gasteiger partial charge in [0.15, 0.2) is 12.3 Å². The van der Waals surface area contributed by atoms with Crippen LogP contribution in [0.5, 0.6) is 5.75 Å². The predicted molar refractivity (Wildman–Crippen MR) is 98.5 cm³/mol. The van der Waals surface area contributed by atoms with Gasteiger partial charge in [-0.15, -0.1) is 0 Å². The second kappa shape index (κ2) is 7.03. The highest BCUT2D eigenvalue weighted by atomic mass is 16.5. The molecule has 0 bridgehead atoms. The van der Waals surface area contributed by atoms with Crippen LogP contribution in [0.4, 0.5) is 0 Å². The molecule has 1 atom stereocenters. The number of carbonyl (C=O) groups is 1. The Bertz CT molecular complexity index is 956. The molecule has 3 aromatic rings. The molecule has 0 aliphatic heterocycles. The standard InChI is InChI=1S/C19H21N5O2/c20-17(25)12-26-16-9-5-4-8-14(16)18-22-15-10-21-24(19(15)23-18)11-13-6-2-1-3-7-13/h1-2,4-5,8-10,13H,3,6-7,11-12H2,(H2,20,25)(H,22,23). The number of ether oxygens (including phenoxy) is 1. The SMILES string of the molecule is NC(=O)COc1ccccc1-c1nc2c(cnn2CC2CC=CCC2)[nH]1. The Balaban J connectivity index is 1.62. The average Bonchev–Trinajstić information content (AvgIpc) is 3.23. The number of hydrogen-bond donors (Lipinski definition) is 2. The maximum atomic E-state index is 11.0. The van der Waals surface area contributed by atoms with Gasteiger partial charge in [0.2, 0.25) is 0 Å². The number of nitrogens with one attached hydrogen (secondary N) is 1. The predicted octanol–water partition coefficient (Wildman–Crippen LogP) is 2.65. The number of hydrogen-bond acceptors (Lipinski definition) is 4. The molecular weight excluding hydrogens is 330 g/mol. The number of aromatic amines is 1. The van der Waals surface area contributed by atoms with Crippen molar-refractivity contribution in [3.8, 4) is 17.1 Å². The Morgan fingerprint density at radius 3 is 3.04 bits per heavy atom. The highest BCUT2D eigenvalue weighted by Crippen LogP contribution is 2.30. The van der Waals surface area contributed by atoms with Crippen molar-refractivity contribution in [2.45, 2.75) is 25.8 Å². The van der Waals surface area contributed by atoms with E-state index in [0.717, 1.165) is 36.1 Å². The first-order chi connectivity index (χ1) is 12.7. The second-order valence-electron chi connectivity index (χ2n) is 6.55. The van der Waals surface area contributed by atoms with Crippen molar-refractivity contribution < 1.29 is 9.53 Å². The number of nitrogens with zero attached hydrogens (tertiary/aromatic N) is 3. The van der Waals surface area contributed by atoms with Crippen molar-refractivity contribution in [3.05, 3.63) is 42.6 Å². The van der Waals surface area contributed by atoms with Gasteiger partial charge in [-0.2, -0.15) is 5.10 Å². The molecule has 1 unspecified atom stereocenters. The van der Waals surface area contributed by atoms with Gasteiger partial charge in [0.25, 0.3) is 5.91 Å². The molecule has 3 N–H and O–H groups in total. The zero-order valence-corrected chi connectivity index (χ0v) is 14.4. The fourth-order valence-electron chi connectivity index (χ4n) is 3.31. The summed E-state index contributed by atoms with van der Waals surface area (Å²) in [6.07, 6.45) is 9.69. The van der Waals surface area contributed by atoms with E-state index >= 15 is 0 Å². The molecule has 0 radical (unpaired) electrons. The van der Waals surface area contributed by atoms with Gasteiger partial charge in [0.05, 0.1) is 11.8 Å². The summed E-state index contributed by atoms with van der Waals surface area (Å²) in [5.41, 5.74) is 7.69. The third-order valence-electron chi connectivity index (χ3n) is 4.60. The smallest absolute Gasteiger partial charge is 0.255 e. The summed E-state index contributed by atoms with van der Waals surface area (Å²) in [4.78, 5) is 19.0. The Hall–Kier alpha value is -3.09. The van der Waals surface area contributed by atoms with E-state index in [1.54, 1.807) is 12.3 Å². The summed E-state index contributed by atoms with van der Waals surface area (Å²) >= 11 is 0. The lowest BCUT2D eigenvalue weighted by atomic mass is 9.94. The number of allylic oxidation sites excluding steroid dienone is 2. The number of para-hydroxylation sites is 1. The van der Waals surface area contributed by atoms with Crippen LogP contribution in [0.25, 0.3) is 22.6 Å². The lowest BCUT2D eigenvalue weighted by Crippen LogP contribution is -2.20. The van der Waals surface area contributed by atoms with E-state index in [1.165, 1.54) is 6.42 Å². The van der Waals surface area contributed by atoms with Gasteiger partial charge < -0.3 is 15.5 Å². The van der Waals surface area contributed by atoms with Crippen LogP contribution >= 0.6 is 0 Å². The Kier molecular flexibility index (Phi) is 4.43. The first-order valence-corrected chi connectivity index (χ1v) is 8.77. The zero-order valence-electron chi connectivity index (χ0n) is 14.4. The minimum Gasteiger partial charge on any atom is -0.483 e. The molecule has 1 amide bonds. The van der Waals surface area contributed by atoms with Crippen LogP contribution in [-0.2, 0) is 11.3 Å².